The maximum Gasteiger partial charge on any atom is 0.412 e. The Kier molecular flexibility index (Phi) is 14.3. The third-order valence-electron chi connectivity index (χ3n) is 12.0. The minimum absolute atomic E-state index is 0.0861. The number of hydrogen-bond donors (Lipinski definition) is 4. The molecule has 2 aromatic carbocycles. The molecule has 13 nitrogen and oxygen atoms in total. The monoisotopic (exact) mass is 823 g/mol. The molecule has 314 valence electrons. The highest BCUT2D eigenvalue weighted by molar-refractivity contribution is 6.84. The first-order chi connectivity index (χ1) is 27.2. The van der Waals surface area contributed by atoms with Gasteiger partial charge in [-0.3, -0.25) is 10.6 Å². The Hall–Kier alpha value is -2.81. The van der Waals surface area contributed by atoms with Gasteiger partial charge in [0, 0.05) is 18.7 Å². The Morgan fingerprint density at radius 3 is 2.11 bits per heavy atom. The molecule has 0 aromatic heterocycles. The molecule has 7 atom stereocenters. The number of carbonyl (C=O) groups is 1. The van der Waals surface area contributed by atoms with Gasteiger partial charge < -0.3 is 43.4 Å². The first-order valence-corrected chi connectivity index (χ1v) is 24.7. The van der Waals surface area contributed by atoms with Crippen molar-refractivity contribution < 1.29 is 36.7 Å². The quantitative estimate of drug-likeness (QED) is 0.0721. The lowest BCUT2D eigenvalue weighted by Gasteiger charge is -2.51. The summed E-state index contributed by atoms with van der Waals surface area (Å²) in [4.78, 5) is 17.7. The van der Waals surface area contributed by atoms with Gasteiger partial charge in [-0.2, -0.15) is 0 Å². The number of hydrogen-bond acceptors (Lipinski definition) is 12. The summed E-state index contributed by atoms with van der Waals surface area (Å²) in [6, 6.07) is 15.3. The lowest BCUT2D eigenvalue weighted by atomic mass is 9.98. The van der Waals surface area contributed by atoms with Crippen LogP contribution in [0.1, 0.15) is 91.7 Å². The highest BCUT2D eigenvalue weighted by atomic mass is 28.5. The van der Waals surface area contributed by atoms with Crippen LogP contribution in [0.4, 0.5) is 4.79 Å². The van der Waals surface area contributed by atoms with E-state index in [-0.39, 0.29) is 47.1 Å². The lowest BCUT2D eigenvalue weighted by Crippen LogP contribution is -2.66. The van der Waals surface area contributed by atoms with Crippen molar-refractivity contribution in [3.8, 4) is 11.1 Å². The van der Waals surface area contributed by atoms with E-state index in [4.69, 9.17) is 43.4 Å². The molecule has 15 heteroatoms. The van der Waals surface area contributed by atoms with Crippen LogP contribution in [0, 0.1) is 0 Å². The smallest absolute Gasteiger partial charge is 0.412 e. The van der Waals surface area contributed by atoms with Crippen LogP contribution in [0.25, 0.3) is 11.1 Å². The third-order valence-corrected chi connectivity index (χ3v) is 22.2. The van der Waals surface area contributed by atoms with Gasteiger partial charge in [0.2, 0.25) is 0 Å². The highest BCUT2D eigenvalue weighted by Crippen LogP contribution is 2.48. The summed E-state index contributed by atoms with van der Waals surface area (Å²) in [5, 5.41) is 6.11. The lowest BCUT2D eigenvalue weighted by molar-refractivity contribution is -0.210. The van der Waals surface area contributed by atoms with Crippen molar-refractivity contribution in [1.29, 1.82) is 0 Å². The zero-order valence-electron chi connectivity index (χ0n) is 34.9. The minimum atomic E-state index is -3.01. The van der Waals surface area contributed by atoms with Gasteiger partial charge in [-0.25, -0.2) is 9.79 Å². The predicted octanol–water partition coefficient (Wildman–Crippen LogP) is 6.86. The number of amides is 1. The molecule has 0 radical (unpaired) electrons. The van der Waals surface area contributed by atoms with Crippen molar-refractivity contribution in [3.63, 3.8) is 0 Å². The molecule has 0 spiro atoms. The topological polar surface area (TPSA) is 170 Å². The summed E-state index contributed by atoms with van der Waals surface area (Å²) in [6.45, 7) is 22.3. The van der Waals surface area contributed by atoms with Gasteiger partial charge in [-0.15, -0.1) is 0 Å². The van der Waals surface area contributed by atoms with Crippen molar-refractivity contribution in [1.82, 2.24) is 10.6 Å². The fourth-order valence-electron chi connectivity index (χ4n) is 8.92. The second-order valence-electron chi connectivity index (χ2n) is 16.9. The molecule has 3 fully saturated rings. The molecule has 1 aliphatic carbocycles. The summed E-state index contributed by atoms with van der Waals surface area (Å²) in [6.07, 6.45) is -0.548. The van der Waals surface area contributed by atoms with Gasteiger partial charge >= 0.3 is 23.2 Å². The molecular weight excluding hydrogens is 759 g/mol. The van der Waals surface area contributed by atoms with Crippen LogP contribution in [-0.2, 0) is 31.9 Å². The maximum atomic E-state index is 13.3. The Bertz CT molecular complexity index is 1660. The SMILES string of the molecule is C=C/N=C(/NC(=O)OCC1c2ccccc2-c2ccccc21)C(N)C(N)N[C@@H]1O[C@@H]2CO[Si](C(C)C)(C(C)C)O[Si](C(C)C)(C(C)C)OC2C1OC1CCCCO1. The van der Waals surface area contributed by atoms with Crippen molar-refractivity contribution in [2.75, 3.05) is 19.8 Å². The number of alkyl carbamates (subject to hydrolysis) is 1. The number of nitrogens with one attached hydrogen (secondary N) is 2. The van der Waals surface area contributed by atoms with Crippen LogP contribution in [0.3, 0.4) is 0 Å². The molecule has 3 heterocycles. The fraction of sp³-hybridized carbons (Fsp3) is 0.619. The van der Waals surface area contributed by atoms with Gasteiger partial charge in [0.1, 0.15) is 37.0 Å². The van der Waals surface area contributed by atoms with Gasteiger partial charge in [0.25, 0.3) is 0 Å². The second kappa shape index (κ2) is 18.6. The van der Waals surface area contributed by atoms with Crippen molar-refractivity contribution in [3.05, 3.63) is 72.4 Å². The summed E-state index contributed by atoms with van der Waals surface area (Å²) in [5.74, 6) is -0.0243. The number of nitrogens with two attached hydrogens (primary N) is 2. The molecule has 57 heavy (non-hydrogen) atoms. The van der Waals surface area contributed by atoms with Gasteiger partial charge in [-0.05, 0) is 63.7 Å². The Morgan fingerprint density at radius 2 is 1.54 bits per heavy atom. The number of aliphatic imine (C=N–C) groups is 1. The first-order valence-electron chi connectivity index (χ1n) is 20.7. The standard InChI is InChI=1S/C42H65N5O8Si2/c1-10-45-40(47-42(48)50-23-33-31-19-13-11-17-29(31)30-18-12-14-20-32(30)33)36(43)39(44)46-41-38(53-35-21-15-16-22-49-35)37-34(52-41)24-51-56(25(2)3,26(4)5)55-57(54-37,27(6)7)28(8)9/h10-14,17-20,25-28,33-39,41,46H,1,15-16,21-24,43-44H2,2-9H3,(H,45,47,48)/t34-,35?,36?,37?,38?,39?,41-/m1/s1. The van der Waals surface area contributed by atoms with Crippen LogP contribution in [0.2, 0.25) is 22.2 Å². The van der Waals surface area contributed by atoms with E-state index in [1.165, 1.54) is 6.20 Å². The first kappa shape index (κ1) is 43.8. The van der Waals surface area contributed by atoms with E-state index >= 15 is 0 Å². The molecule has 2 aromatic rings. The van der Waals surface area contributed by atoms with Crippen LogP contribution in [-0.4, -0.2) is 91.9 Å². The average Bonchev–Trinajstić information content (AvgIpc) is 3.66. The Labute approximate surface area is 341 Å². The third kappa shape index (κ3) is 9.04. The Balaban J connectivity index is 1.20. The molecule has 1 amide bonds. The molecule has 0 saturated carbocycles. The number of fused-ring (bicyclic) bond motifs is 4. The van der Waals surface area contributed by atoms with E-state index in [1.807, 2.05) is 24.3 Å². The zero-order chi connectivity index (χ0) is 41.1. The van der Waals surface area contributed by atoms with Crippen molar-refractivity contribution in [2.24, 2.45) is 16.5 Å². The number of amidine groups is 1. The van der Waals surface area contributed by atoms with E-state index in [0.29, 0.717) is 6.61 Å². The van der Waals surface area contributed by atoms with E-state index in [1.54, 1.807) is 0 Å². The Morgan fingerprint density at radius 1 is 0.930 bits per heavy atom. The fourth-order valence-corrected chi connectivity index (χ4v) is 20.1. The van der Waals surface area contributed by atoms with Gasteiger partial charge in [0.15, 0.2) is 6.29 Å². The van der Waals surface area contributed by atoms with Crippen LogP contribution in [0.15, 0.2) is 66.3 Å². The average molecular weight is 824 g/mol. The van der Waals surface area contributed by atoms with E-state index < -0.39 is 66.3 Å². The second-order valence-corrected chi connectivity index (χ2v) is 25.8. The summed E-state index contributed by atoms with van der Waals surface area (Å²) >= 11 is 0. The molecule has 6 rings (SSSR count). The van der Waals surface area contributed by atoms with Crippen molar-refractivity contribution in [2.45, 2.75) is 146 Å². The van der Waals surface area contributed by atoms with E-state index in [9.17, 15) is 4.79 Å². The molecule has 0 bridgehead atoms. The van der Waals surface area contributed by atoms with Crippen LogP contribution in [0.5, 0.6) is 0 Å². The molecule has 5 unspecified atom stereocenters. The van der Waals surface area contributed by atoms with E-state index in [2.05, 4.69) is 102 Å². The molecule has 3 saturated heterocycles. The van der Waals surface area contributed by atoms with E-state index in [0.717, 1.165) is 41.5 Å². The molecule has 6 N–H and O–H groups in total. The molecule has 3 aliphatic heterocycles. The summed E-state index contributed by atoms with van der Waals surface area (Å²) in [5.41, 5.74) is 18.6. The van der Waals surface area contributed by atoms with Crippen molar-refractivity contribution >= 4 is 29.1 Å². The number of carbonyl (C=O) groups excluding carboxylic acids is 1. The minimum Gasteiger partial charge on any atom is -0.448 e. The summed E-state index contributed by atoms with van der Waals surface area (Å²) in [7, 11) is -5.83. The molecular formula is C42H65N5O8Si2. The number of ether oxygens (including phenoxy) is 4. The van der Waals surface area contributed by atoms with Gasteiger partial charge in [0.05, 0.1) is 18.8 Å². The maximum absolute atomic E-state index is 13.3. The largest absolute Gasteiger partial charge is 0.448 e. The molecule has 4 aliphatic rings. The highest BCUT2D eigenvalue weighted by Gasteiger charge is 2.62. The zero-order valence-corrected chi connectivity index (χ0v) is 36.9. The number of nitrogens with zero attached hydrogens (tertiary/aromatic N) is 1. The number of benzene rings is 2. The van der Waals surface area contributed by atoms with Crippen LogP contribution >= 0.6 is 0 Å². The van der Waals surface area contributed by atoms with Crippen LogP contribution < -0.4 is 22.1 Å². The van der Waals surface area contributed by atoms with Gasteiger partial charge in [-0.1, -0.05) is 110 Å². The summed E-state index contributed by atoms with van der Waals surface area (Å²) < 4.78 is 47.3. The predicted molar refractivity (Wildman–Crippen MR) is 226 cm³/mol. The number of rotatable bonds is 13. The normalized spacial score (nSPS) is 27.1.